The van der Waals surface area contributed by atoms with Gasteiger partial charge in [-0.15, -0.1) is 0 Å². The fraction of sp³-hybridized carbons (Fsp3) is 0.681. The maximum atomic E-state index is 12.2. The van der Waals surface area contributed by atoms with Gasteiger partial charge in [0.1, 0.15) is 6.10 Å². The van der Waals surface area contributed by atoms with Gasteiger partial charge in [-0.3, -0.25) is 4.79 Å². The van der Waals surface area contributed by atoms with E-state index < -0.39 is 6.10 Å². The third-order valence-electron chi connectivity index (χ3n) is 8.70. The number of esters is 1. The molecule has 0 spiro atoms. The summed E-state index contributed by atoms with van der Waals surface area (Å²) in [6.07, 6.45) is 60.7. The topological polar surface area (TPSA) is 55.8 Å². The van der Waals surface area contributed by atoms with Crippen molar-refractivity contribution < 1.29 is 19.4 Å². The van der Waals surface area contributed by atoms with E-state index >= 15 is 0 Å². The van der Waals surface area contributed by atoms with Gasteiger partial charge in [-0.25, -0.2) is 0 Å². The van der Waals surface area contributed by atoms with E-state index in [1.165, 1.54) is 89.9 Å². The number of carbonyl (C=O) groups excluding carboxylic acids is 1. The first-order valence-electron chi connectivity index (χ1n) is 21.2. The molecule has 0 aliphatic carbocycles. The minimum absolute atomic E-state index is 0.191. The van der Waals surface area contributed by atoms with Gasteiger partial charge in [0.2, 0.25) is 0 Å². The Hall–Kier alpha value is -2.43. The van der Waals surface area contributed by atoms with Crippen molar-refractivity contribution in [1.29, 1.82) is 0 Å². The molecule has 0 bridgehead atoms. The van der Waals surface area contributed by atoms with Crippen LogP contribution in [0.2, 0.25) is 0 Å². The van der Waals surface area contributed by atoms with Crippen molar-refractivity contribution in [3.8, 4) is 0 Å². The van der Waals surface area contributed by atoms with Crippen LogP contribution in [0.15, 0.2) is 85.1 Å². The second-order valence-corrected chi connectivity index (χ2v) is 13.7. The average molecular weight is 709 g/mol. The van der Waals surface area contributed by atoms with Gasteiger partial charge in [0.05, 0.1) is 13.2 Å². The number of allylic oxidation sites excluding steroid dienone is 14. The molecule has 0 saturated carbocycles. The summed E-state index contributed by atoms with van der Waals surface area (Å²) in [7, 11) is 0. The normalized spacial score (nSPS) is 13.2. The second kappa shape index (κ2) is 43.7. The highest BCUT2D eigenvalue weighted by atomic mass is 16.6. The SMILES string of the molecule is CC/C=C\C/C=C\C/C=C\C/C=C\C/C=C\CCCCCC(=O)OC(CO)COCCCCCCCCCCCC/C=C\C/C=C\CCCCC. The number of rotatable bonds is 38. The fourth-order valence-corrected chi connectivity index (χ4v) is 5.56. The summed E-state index contributed by atoms with van der Waals surface area (Å²) in [5.74, 6) is -0.235. The maximum absolute atomic E-state index is 12.2. The Balaban J connectivity index is 3.53. The van der Waals surface area contributed by atoms with Gasteiger partial charge in [0, 0.05) is 13.0 Å². The summed E-state index contributed by atoms with van der Waals surface area (Å²) in [5, 5.41) is 9.60. The van der Waals surface area contributed by atoms with Gasteiger partial charge in [-0.2, -0.15) is 0 Å². The van der Waals surface area contributed by atoms with Gasteiger partial charge < -0.3 is 14.6 Å². The molecule has 0 aliphatic rings. The molecule has 0 saturated heterocycles. The molecule has 0 aromatic rings. The summed E-state index contributed by atoms with van der Waals surface area (Å²) >= 11 is 0. The Bertz CT molecular complexity index is 923. The highest BCUT2D eigenvalue weighted by Gasteiger charge is 2.13. The van der Waals surface area contributed by atoms with E-state index in [1.54, 1.807) is 0 Å². The largest absolute Gasteiger partial charge is 0.457 e. The minimum Gasteiger partial charge on any atom is -0.457 e. The lowest BCUT2D eigenvalue weighted by molar-refractivity contribution is -0.154. The standard InChI is InChI=1S/C47H80O4/c1-3-5-7-9-11-13-15-17-19-21-23-25-27-29-31-33-35-37-39-41-43-50-45-46(44-48)51-47(49)42-40-38-36-34-32-30-28-26-24-22-20-18-16-14-12-10-8-6-4-2/h6,8,11-14,17-20,24,26,30,32,46,48H,3-5,7,9-10,15-16,21-23,25,27-29,31,33-45H2,1-2H3/b8-6-,13-11-,14-12-,19-17-,20-18-,26-24-,32-30-. The lowest BCUT2D eigenvalue weighted by Crippen LogP contribution is -2.27. The quantitative estimate of drug-likeness (QED) is 0.0394. The first-order chi connectivity index (χ1) is 25.2. The highest BCUT2D eigenvalue weighted by Crippen LogP contribution is 2.12. The molecule has 0 radical (unpaired) electrons. The van der Waals surface area contributed by atoms with Crippen LogP contribution in [0.3, 0.4) is 0 Å². The zero-order chi connectivity index (χ0) is 37.0. The molecule has 0 heterocycles. The molecule has 0 aliphatic heterocycles. The van der Waals surface area contributed by atoms with Crippen molar-refractivity contribution in [2.75, 3.05) is 19.8 Å². The summed E-state index contributed by atoms with van der Waals surface area (Å²) in [4.78, 5) is 12.2. The average Bonchev–Trinajstić information content (AvgIpc) is 3.14. The minimum atomic E-state index is -0.558. The Kier molecular flexibility index (Phi) is 41.6. The van der Waals surface area contributed by atoms with Gasteiger partial charge >= 0.3 is 5.97 Å². The van der Waals surface area contributed by atoms with Crippen LogP contribution in [0.25, 0.3) is 0 Å². The number of hydrogen-bond donors (Lipinski definition) is 1. The van der Waals surface area contributed by atoms with E-state index in [4.69, 9.17) is 9.47 Å². The maximum Gasteiger partial charge on any atom is 0.306 e. The molecule has 4 heteroatoms. The van der Waals surface area contributed by atoms with Gasteiger partial charge in [0.25, 0.3) is 0 Å². The summed E-state index contributed by atoms with van der Waals surface area (Å²) in [5.41, 5.74) is 0. The van der Waals surface area contributed by atoms with E-state index in [0.29, 0.717) is 13.0 Å². The molecule has 0 aromatic carbocycles. The zero-order valence-electron chi connectivity index (χ0n) is 33.3. The van der Waals surface area contributed by atoms with Crippen molar-refractivity contribution in [3.63, 3.8) is 0 Å². The summed E-state index contributed by atoms with van der Waals surface area (Å²) < 4.78 is 11.1. The van der Waals surface area contributed by atoms with Gasteiger partial charge in [-0.05, 0) is 89.9 Å². The molecule has 4 nitrogen and oxygen atoms in total. The lowest BCUT2D eigenvalue weighted by Gasteiger charge is -2.15. The molecule has 1 atom stereocenters. The molecule has 292 valence electrons. The fourth-order valence-electron chi connectivity index (χ4n) is 5.56. The zero-order valence-corrected chi connectivity index (χ0v) is 33.3. The Morgan fingerprint density at radius 2 is 0.882 bits per heavy atom. The molecule has 1 N–H and O–H groups in total. The predicted molar refractivity (Wildman–Crippen MR) is 223 cm³/mol. The Morgan fingerprint density at radius 3 is 1.33 bits per heavy atom. The molecule has 0 amide bonds. The number of aliphatic hydroxyl groups excluding tert-OH is 1. The number of aliphatic hydroxyl groups is 1. The third kappa shape index (κ3) is 41.9. The van der Waals surface area contributed by atoms with Gasteiger partial charge in [0.15, 0.2) is 0 Å². The molecule has 0 rings (SSSR count). The number of hydrogen-bond acceptors (Lipinski definition) is 4. The molecule has 51 heavy (non-hydrogen) atoms. The van der Waals surface area contributed by atoms with Gasteiger partial charge in [-0.1, -0.05) is 170 Å². The van der Waals surface area contributed by atoms with E-state index in [-0.39, 0.29) is 19.2 Å². The van der Waals surface area contributed by atoms with Crippen LogP contribution in [0.5, 0.6) is 0 Å². The first-order valence-corrected chi connectivity index (χ1v) is 21.2. The van der Waals surface area contributed by atoms with E-state index in [0.717, 1.165) is 70.6 Å². The van der Waals surface area contributed by atoms with E-state index in [9.17, 15) is 9.90 Å². The number of ether oxygens (including phenoxy) is 2. The summed E-state index contributed by atoms with van der Waals surface area (Å²) in [6.45, 7) is 5.16. The van der Waals surface area contributed by atoms with E-state index in [1.807, 2.05) is 0 Å². The second-order valence-electron chi connectivity index (χ2n) is 13.7. The van der Waals surface area contributed by atoms with Crippen molar-refractivity contribution >= 4 is 5.97 Å². The van der Waals surface area contributed by atoms with Crippen LogP contribution in [0.4, 0.5) is 0 Å². The van der Waals surface area contributed by atoms with Crippen molar-refractivity contribution in [1.82, 2.24) is 0 Å². The first kappa shape index (κ1) is 48.6. The number of unbranched alkanes of at least 4 members (excludes halogenated alkanes) is 16. The molecule has 1 unspecified atom stereocenters. The van der Waals surface area contributed by atoms with Crippen molar-refractivity contribution in [3.05, 3.63) is 85.1 Å². The van der Waals surface area contributed by atoms with Crippen LogP contribution < -0.4 is 0 Å². The molecular formula is C47H80O4. The van der Waals surface area contributed by atoms with Crippen LogP contribution in [-0.2, 0) is 14.3 Å². The van der Waals surface area contributed by atoms with Crippen LogP contribution in [0.1, 0.15) is 181 Å². The third-order valence-corrected chi connectivity index (χ3v) is 8.70. The van der Waals surface area contributed by atoms with Crippen molar-refractivity contribution in [2.45, 2.75) is 187 Å². The highest BCUT2D eigenvalue weighted by molar-refractivity contribution is 5.69. The van der Waals surface area contributed by atoms with Crippen LogP contribution >= 0.6 is 0 Å². The molecular weight excluding hydrogens is 629 g/mol. The van der Waals surface area contributed by atoms with Crippen molar-refractivity contribution in [2.24, 2.45) is 0 Å². The lowest BCUT2D eigenvalue weighted by atomic mass is 10.1. The smallest absolute Gasteiger partial charge is 0.306 e. The molecule has 0 aromatic heterocycles. The molecule has 0 fully saturated rings. The Labute approximate surface area is 316 Å². The van der Waals surface area contributed by atoms with E-state index in [2.05, 4.69) is 98.9 Å². The number of carbonyl (C=O) groups is 1. The van der Waals surface area contributed by atoms with Crippen LogP contribution in [-0.4, -0.2) is 37.0 Å². The monoisotopic (exact) mass is 709 g/mol. The summed E-state index contributed by atoms with van der Waals surface area (Å²) in [6, 6.07) is 0. The Morgan fingerprint density at radius 1 is 0.490 bits per heavy atom. The van der Waals surface area contributed by atoms with Crippen LogP contribution in [0, 0.1) is 0 Å². The predicted octanol–water partition coefficient (Wildman–Crippen LogP) is 14.0.